The highest BCUT2D eigenvalue weighted by Gasteiger charge is 2.15. The molecule has 0 atom stereocenters. The zero-order chi connectivity index (χ0) is 16.7. The zero-order valence-electron chi connectivity index (χ0n) is 13.7. The van der Waals surface area contributed by atoms with Crippen molar-refractivity contribution >= 4 is 15.9 Å². The van der Waals surface area contributed by atoms with Gasteiger partial charge in [0.2, 0.25) is 0 Å². The van der Waals surface area contributed by atoms with Crippen molar-refractivity contribution in [2.24, 2.45) is 0 Å². The molecule has 2 amide bonds. The predicted octanol–water partition coefficient (Wildman–Crippen LogP) is 2.65. The van der Waals surface area contributed by atoms with Crippen LogP contribution >= 0.6 is 0 Å². The number of carbonyl (C=O) groups is 1. The van der Waals surface area contributed by atoms with Gasteiger partial charge in [-0.15, -0.1) is 0 Å². The number of hydrogen-bond donors (Lipinski definition) is 2. The maximum Gasteiger partial charge on any atom is 0.315 e. The fourth-order valence-electron chi connectivity index (χ4n) is 2.83. The Labute approximate surface area is 138 Å². The van der Waals surface area contributed by atoms with Gasteiger partial charge >= 0.3 is 6.03 Å². The molecule has 23 heavy (non-hydrogen) atoms. The molecule has 1 aliphatic carbocycles. The molecular weight excluding hydrogens is 312 g/mol. The third-order valence-electron chi connectivity index (χ3n) is 4.30. The molecule has 0 aliphatic heterocycles. The van der Waals surface area contributed by atoms with Crippen LogP contribution in [0.5, 0.6) is 0 Å². The number of nitrogens with one attached hydrogen (secondary N) is 2. The molecule has 2 rings (SSSR count). The molecule has 1 aromatic carbocycles. The number of benzene rings is 1. The fraction of sp³-hybridized carbons (Fsp3) is 0.588. The lowest BCUT2D eigenvalue weighted by Gasteiger charge is -2.22. The fourth-order valence-corrected chi connectivity index (χ4v) is 3.72. The molecule has 1 saturated carbocycles. The Morgan fingerprint density at radius 3 is 2.39 bits per heavy atom. The third kappa shape index (κ3) is 5.53. The maximum absolute atomic E-state index is 11.8. The van der Waals surface area contributed by atoms with Crippen LogP contribution in [0, 0.1) is 0 Å². The van der Waals surface area contributed by atoms with Gasteiger partial charge in [0.1, 0.15) is 0 Å². The van der Waals surface area contributed by atoms with E-state index < -0.39 is 9.84 Å². The molecule has 5 nitrogen and oxygen atoms in total. The molecule has 0 unspecified atom stereocenters. The molecule has 0 heterocycles. The summed E-state index contributed by atoms with van der Waals surface area (Å²) in [5.74, 6) is 0.106. The van der Waals surface area contributed by atoms with E-state index >= 15 is 0 Å². The normalized spacial score (nSPS) is 16.0. The number of carbonyl (C=O) groups excluding carboxylic acids is 1. The van der Waals surface area contributed by atoms with Gasteiger partial charge in [0, 0.05) is 12.6 Å². The van der Waals surface area contributed by atoms with Crippen molar-refractivity contribution in [3.8, 4) is 0 Å². The molecule has 0 radical (unpaired) electrons. The van der Waals surface area contributed by atoms with Crippen LogP contribution in [0.4, 0.5) is 4.79 Å². The number of urea groups is 1. The van der Waals surface area contributed by atoms with E-state index in [-0.39, 0.29) is 11.8 Å². The molecule has 128 valence electrons. The Kier molecular flexibility index (Phi) is 6.45. The molecule has 1 aliphatic rings. The van der Waals surface area contributed by atoms with Crippen molar-refractivity contribution in [3.05, 3.63) is 29.8 Å². The summed E-state index contributed by atoms with van der Waals surface area (Å²) in [5, 5.41) is 5.88. The summed E-state index contributed by atoms with van der Waals surface area (Å²) >= 11 is 0. The average Bonchev–Trinajstić information content (AvgIpc) is 2.56. The van der Waals surface area contributed by atoms with Crippen LogP contribution < -0.4 is 10.6 Å². The maximum atomic E-state index is 11.8. The predicted molar refractivity (Wildman–Crippen MR) is 91.3 cm³/mol. The Morgan fingerprint density at radius 2 is 1.78 bits per heavy atom. The van der Waals surface area contributed by atoms with Gasteiger partial charge in [-0.2, -0.15) is 0 Å². The Balaban J connectivity index is 1.74. The van der Waals surface area contributed by atoms with Crippen LogP contribution in [-0.2, 0) is 16.3 Å². The average molecular weight is 338 g/mol. The van der Waals surface area contributed by atoms with E-state index in [1.165, 1.54) is 19.3 Å². The van der Waals surface area contributed by atoms with Gasteiger partial charge in [0.05, 0.1) is 10.6 Å². The van der Waals surface area contributed by atoms with Crippen LogP contribution in [0.3, 0.4) is 0 Å². The molecule has 1 aromatic rings. The minimum absolute atomic E-state index is 0.106. The molecular formula is C17H26N2O3S. The molecule has 1 fully saturated rings. The summed E-state index contributed by atoms with van der Waals surface area (Å²) in [6.45, 7) is 2.18. The van der Waals surface area contributed by atoms with Crippen molar-refractivity contribution in [1.29, 1.82) is 0 Å². The first-order chi connectivity index (χ1) is 11.0. The SMILES string of the molecule is CCS(=O)(=O)c1ccc(CCNC(=O)NC2CCCCC2)cc1. The first-order valence-electron chi connectivity index (χ1n) is 8.37. The summed E-state index contributed by atoms with van der Waals surface area (Å²) < 4.78 is 23.5. The summed E-state index contributed by atoms with van der Waals surface area (Å²) in [6, 6.07) is 7.09. The smallest absolute Gasteiger partial charge is 0.315 e. The van der Waals surface area contributed by atoms with Gasteiger partial charge in [-0.3, -0.25) is 0 Å². The minimum atomic E-state index is -3.15. The lowest BCUT2D eigenvalue weighted by Crippen LogP contribution is -2.43. The van der Waals surface area contributed by atoms with Gasteiger partial charge in [0.25, 0.3) is 0 Å². The zero-order valence-corrected chi connectivity index (χ0v) is 14.5. The highest BCUT2D eigenvalue weighted by molar-refractivity contribution is 7.91. The van der Waals surface area contributed by atoms with Gasteiger partial charge in [0.15, 0.2) is 9.84 Å². The van der Waals surface area contributed by atoms with E-state index in [1.54, 1.807) is 19.1 Å². The standard InChI is InChI=1S/C17H26N2O3S/c1-2-23(21,22)16-10-8-14(9-11-16)12-13-18-17(20)19-15-6-4-3-5-7-15/h8-11,15H,2-7,12-13H2,1H3,(H2,18,19,20). The van der Waals surface area contributed by atoms with E-state index in [4.69, 9.17) is 0 Å². The first kappa shape index (κ1) is 17.8. The second-order valence-corrected chi connectivity index (χ2v) is 8.31. The Bertz CT molecular complexity index is 605. The molecule has 6 heteroatoms. The Hall–Kier alpha value is -1.56. The van der Waals surface area contributed by atoms with Gasteiger partial charge in [-0.05, 0) is 37.0 Å². The van der Waals surface area contributed by atoms with Crippen molar-refractivity contribution in [3.63, 3.8) is 0 Å². The van der Waals surface area contributed by atoms with Crippen LogP contribution in [0.15, 0.2) is 29.2 Å². The second-order valence-electron chi connectivity index (χ2n) is 6.03. The largest absolute Gasteiger partial charge is 0.338 e. The van der Waals surface area contributed by atoms with E-state index in [9.17, 15) is 13.2 Å². The lowest BCUT2D eigenvalue weighted by molar-refractivity contribution is 0.233. The number of sulfone groups is 1. The van der Waals surface area contributed by atoms with E-state index in [0.717, 1.165) is 18.4 Å². The molecule has 0 aromatic heterocycles. The van der Waals surface area contributed by atoms with Crippen molar-refractivity contribution < 1.29 is 13.2 Å². The number of amides is 2. The van der Waals surface area contributed by atoms with Crippen LogP contribution in [0.25, 0.3) is 0 Å². The molecule has 2 N–H and O–H groups in total. The molecule has 0 bridgehead atoms. The summed E-state index contributed by atoms with van der Waals surface area (Å²) in [7, 11) is -3.15. The number of rotatable bonds is 6. The molecule has 0 saturated heterocycles. The lowest BCUT2D eigenvalue weighted by atomic mass is 9.96. The van der Waals surface area contributed by atoms with Crippen molar-refractivity contribution in [2.75, 3.05) is 12.3 Å². The van der Waals surface area contributed by atoms with Crippen LogP contribution in [0.1, 0.15) is 44.6 Å². The summed E-state index contributed by atoms with van der Waals surface area (Å²) in [4.78, 5) is 12.2. The minimum Gasteiger partial charge on any atom is -0.338 e. The van der Waals surface area contributed by atoms with Crippen molar-refractivity contribution in [2.45, 2.75) is 56.4 Å². The number of hydrogen-bond acceptors (Lipinski definition) is 3. The van der Waals surface area contributed by atoms with Gasteiger partial charge in [-0.25, -0.2) is 13.2 Å². The summed E-state index contributed by atoms with van der Waals surface area (Å²) in [6.07, 6.45) is 6.48. The van der Waals surface area contributed by atoms with Gasteiger partial charge in [-0.1, -0.05) is 38.3 Å². The monoisotopic (exact) mass is 338 g/mol. The van der Waals surface area contributed by atoms with Gasteiger partial charge < -0.3 is 10.6 Å². The summed E-state index contributed by atoms with van der Waals surface area (Å²) in [5.41, 5.74) is 1.01. The quantitative estimate of drug-likeness (QED) is 0.837. The van der Waals surface area contributed by atoms with E-state index in [1.807, 2.05) is 12.1 Å². The highest BCUT2D eigenvalue weighted by Crippen LogP contribution is 2.17. The van der Waals surface area contributed by atoms with Crippen LogP contribution in [0.2, 0.25) is 0 Å². The van der Waals surface area contributed by atoms with Crippen molar-refractivity contribution in [1.82, 2.24) is 10.6 Å². The second kappa shape index (κ2) is 8.34. The topological polar surface area (TPSA) is 75.3 Å². The van der Waals surface area contributed by atoms with Crippen LogP contribution in [-0.4, -0.2) is 32.8 Å². The van der Waals surface area contributed by atoms with E-state index in [0.29, 0.717) is 23.9 Å². The molecule has 0 spiro atoms. The third-order valence-corrected chi connectivity index (χ3v) is 6.05. The Morgan fingerprint density at radius 1 is 1.13 bits per heavy atom. The highest BCUT2D eigenvalue weighted by atomic mass is 32.2. The first-order valence-corrected chi connectivity index (χ1v) is 10.0. The van der Waals surface area contributed by atoms with E-state index in [2.05, 4.69) is 10.6 Å².